The summed E-state index contributed by atoms with van der Waals surface area (Å²) in [5, 5.41) is 0. The minimum atomic E-state index is 0.139. The molecular formula is C27H36N4O2. The number of aryl methyl sites for hydroxylation is 1. The van der Waals surface area contributed by atoms with Crippen LogP contribution in [-0.4, -0.2) is 53.6 Å². The number of likely N-dealkylation sites (tertiary alicyclic amines) is 1. The lowest BCUT2D eigenvalue weighted by atomic mass is 9.90. The molecule has 0 N–H and O–H groups in total. The molecule has 1 saturated heterocycles. The van der Waals surface area contributed by atoms with Gasteiger partial charge in [0.1, 0.15) is 17.4 Å². The Morgan fingerprint density at radius 3 is 2.58 bits per heavy atom. The van der Waals surface area contributed by atoms with Crippen molar-refractivity contribution in [3.8, 4) is 5.75 Å². The summed E-state index contributed by atoms with van der Waals surface area (Å²) in [6.07, 6.45) is 10.4. The average Bonchev–Trinajstić information content (AvgIpc) is 3.19. The van der Waals surface area contributed by atoms with Crippen LogP contribution in [0, 0.1) is 6.92 Å². The number of piperidine rings is 1. The molecule has 0 spiro atoms. The van der Waals surface area contributed by atoms with Gasteiger partial charge in [-0.15, -0.1) is 0 Å². The van der Waals surface area contributed by atoms with Gasteiger partial charge in [0.15, 0.2) is 0 Å². The fourth-order valence-electron chi connectivity index (χ4n) is 5.84. The minimum Gasteiger partial charge on any atom is -0.497 e. The molecule has 1 atom stereocenters. The molecule has 33 heavy (non-hydrogen) atoms. The third kappa shape index (κ3) is 4.77. The molecule has 5 rings (SSSR count). The molecule has 2 aliphatic heterocycles. The number of fused-ring (bicyclic) bond motifs is 1. The number of nitrogens with zero attached hydrogens (tertiary/aromatic N) is 4. The average molecular weight is 449 g/mol. The molecule has 1 saturated carbocycles. The zero-order valence-electron chi connectivity index (χ0n) is 20.1. The predicted octanol–water partition coefficient (Wildman–Crippen LogP) is 4.44. The summed E-state index contributed by atoms with van der Waals surface area (Å²) >= 11 is 0. The van der Waals surface area contributed by atoms with E-state index in [1.165, 1.54) is 50.6 Å². The standard InChI is InChI=1S/C27H36N4O2/c1-19-24-17-25(32)31(16-14-20-10-12-23(33-2)13-11-20)27(24)29-26(28-19)21-7-6-15-30(18-21)22-8-4-3-5-9-22/h10-13,21-22H,3-9,14-18H2,1-2H3/t21-/m1/s1. The van der Waals surface area contributed by atoms with Crippen molar-refractivity contribution in [3.63, 3.8) is 0 Å². The van der Waals surface area contributed by atoms with Gasteiger partial charge < -0.3 is 4.74 Å². The van der Waals surface area contributed by atoms with Crippen molar-refractivity contribution in [2.45, 2.75) is 76.7 Å². The molecular weight excluding hydrogens is 412 g/mol. The van der Waals surface area contributed by atoms with E-state index in [0.717, 1.165) is 54.1 Å². The fraction of sp³-hybridized carbons (Fsp3) is 0.593. The van der Waals surface area contributed by atoms with Gasteiger partial charge in [0, 0.05) is 36.3 Å². The zero-order valence-corrected chi connectivity index (χ0v) is 20.1. The van der Waals surface area contributed by atoms with Crippen LogP contribution < -0.4 is 9.64 Å². The second kappa shape index (κ2) is 9.80. The Morgan fingerprint density at radius 1 is 1.03 bits per heavy atom. The molecule has 3 aliphatic rings. The predicted molar refractivity (Wildman–Crippen MR) is 130 cm³/mol. The van der Waals surface area contributed by atoms with E-state index < -0.39 is 0 Å². The molecule has 0 bridgehead atoms. The van der Waals surface area contributed by atoms with Crippen LogP contribution in [0.1, 0.15) is 73.5 Å². The fourth-order valence-corrected chi connectivity index (χ4v) is 5.84. The lowest BCUT2D eigenvalue weighted by Gasteiger charge is -2.39. The number of benzene rings is 1. The summed E-state index contributed by atoms with van der Waals surface area (Å²) in [5.41, 5.74) is 3.18. The third-order valence-corrected chi connectivity index (χ3v) is 7.79. The molecule has 1 aromatic carbocycles. The van der Waals surface area contributed by atoms with E-state index >= 15 is 0 Å². The van der Waals surface area contributed by atoms with Crippen LogP contribution in [-0.2, 0) is 17.6 Å². The summed E-state index contributed by atoms with van der Waals surface area (Å²) in [5.74, 6) is 3.15. The number of hydrogen-bond acceptors (Lipinski definition) is 5. The zero-order chi connectivity index (χ0) is 22.8. The number of rotatable bonds is 6. The van der Waals surface area contributed by atoms with E-state index in [2.05, 4.69) is 17.0 Å². The van der Waals surface area contributed by atoms with Crippen LogP contribution >= 0.6 is 0 Å². The summed E-state index contributed by atoms with van der Waals surface area (Å²) in [6, 6.07) is 8.82. The Bertz CT molecular complexity index is 984. The molecule has 0 unspecified atom stereocenters. The van der Waals surface area contributed by atoms with Crippen LogP contribution in [0.4, 0.5) is 5.82 Å². The van der Waals surface area contributed by atoms with Crippen molar-refractivity contribution in [3.05, 3.63) is 46.9 Å². The summed E-state index contributed by atoms with van der Waals surface area (Å²) < 4.78 is 5.26. The second-order valence-electron chi connectivity index (χ2n) is 9.92. The van der Waals surface area contributed by atoms with Crippen molar-refractivity contribution >= 4 is 11.7 Å². The van der Waals surface area contributed by atoms with E-state index in [1.807, 2.05) is 24.0 Å². The van der Waals surface area contributed by atoms with Crippen LogP contribution in [0.5, 0.6) is 5.75 Å². The first kappa shape index (κ1) is 22.3. The molecule has 1 aromatic heterocycles. The molecule has 3 heterocycles. The number of aromatic nitrogens is 2. The summed E-state index contributed by atoms with van der Waals surface area (Å²) in [7, 11) is 1.68. The Kier molecular flexibility index (Phi) is 6.63. The van der Waals surface area contributed by atoms with E-state index in [4.69, 9.17) is 14.7 Å². The van der Waals surface area contributed by atoms with Gasteiger partial charge in [-0.25, -0.2) is 9.97 Å². The van der Waals surface area contributed by atoms with Gasteiger partial charge >= 0.3 is 0 Å². The second-order valence-corrected chi connectivity index (χ2v) is 9.92. The van der Waals surface area contributed by atoms with Crippen LogP contribution in [0.2, 0.25) is 0 Å². The van der Waals surface area contributed by atoms with Gasteiger partial charge in [0.05, 0.1) is 13.5 Å². The van der Waals surface area contributed by atoms with Crippen molar-refractivity contribution in [1.29, 1.82) is 0 Å². The van der Waals surface area contributed by atoms with Crippen molar-refractivity contribution in [1.82, 2.24) is 14.9 Å². The van der Waals surface area contributed by atoms with Gasteiger partial charge in [-0.05, 0) is 63.3 Å². The van der Waals surface area contributed by atoms with Gasteiger partial charge in [-0.3, -0.25) is 14.6 Å². The van der Waals surface area contributed by atoms with Gasteiger partial charge in [-0.2, -0.15) is 0 Å². The van der Waals surface area contributed by atoms with Crippen LogP contribution in [0.25, 0.3) is 0 Å². The van der Waals surface area contributed by atoms with E-state index in [1.54, 1.807) is 7.11 Å². The number of anilines is 1. The number of methoxy groups -OCH3 is 1. The number of hydrogen-bond donors (Lipinski definition) is 0. The molecule has 2 fully saturated rings. The van der Waals surface area contributed by atoms with Crippen molar-refractivity contribution in [2.75, 3.05) is 31.6 Å². The topological polar surface area (TPSA) is 58.6 Å². The summed E-state index contributed by atoms with van der Waals surface area (Å²) in [4.78, 5) is 27.4. The highest BCUT2D eigenvalue weighted by atomic mass is 16.5. The number of carbonyl (C=O) groups is 1. The van der Waals surface area contributed by atoms with Gasteiger partial charge in [-0.1, -0.05) is 31.4 Å². The number of amides is 1. The van der Waals surface area contributed by atoms with E-state index in [9.17, 15) is 4.79 Å². The first-order valence-electron chi connectivity index (χ1n) is 12.7. The molecule has 1 aliphatic carbocycles. The molecule has 1 amide bonds. The number of carbonyl (C=O) groups excluding carboxylic acids is 1. The molecule has 6 nitrogen and oxygen atoms in total. The van der Waals surface area contributed by atoms with Crippen LogP contribution in [0.3, 0.4) is 0 Å². The van der Waals surface area contributed by atoms with E-state index in [-0.39, 0.29) is 5.91 Å². The molecule has 2 aromatic rings. The number of ether oxygens (including phenoxy) is 1. The lowest BCUT2D eigenvalue weighted by Crippen LogP contribution is -2.43. The minimum absolute atomic E-state index is 0.139. The lowest BCUT2D eigenvalue weighted by molar-refractivity contribution is -0.117. The van der Waals surface area contributed by atoms with Gasteiger partial charge in [0.25, 0.3) is 0 Å². The Hall–Kier alpha value is -2.47. The highest BCUT2D eigenvalue weighted by Crippen LogP contribution is 2.34. The maximum atomic E-state index is 12.9. The quantitative estimate of drug-likeness (QED) is 0.654. The largest absolute Gasteiger partial charge is 0.497 e. The first-order valence-corrected chi connectivity index (χ1v) is 12.7. The highest BCUT2D eigenvalue weighted by Gasteiger charge is 2.34. The maximum Gasteiger partial charge on any atom is 0.232 e. The SMILES string of the molecule is COc1ccc(CCN2C(=O)Cc3c(C)nc([C@@H]4CCCN(C5CCCCC5)C4)nc32)cc1. The summed E-state index contributed by atoms with van der Waals surface area (Å²) in [6.45, 7) is 4.96. The smallest absolute Gasteiger partial charge is 0.232 e. The Labute approximate surface area is 197 Å². The maximum absolute atomic E-state index is 12.9. The monoisotopic (exact) mass is 448 g/mol. The molecule has 176 valence electrons. The van der Waals surface area contributed by atoms with Crippen molar-refractivity contribution in [2.24, 2.45) is 0 Å². The van der Waals surface area contributed by atoms with Gasteiger partial charge in [0.2, 0.25) is 5.91 Å². The van der Waals surface area contributed by atoms with Crippen LogP contribution in [0.15, 0.2) is 24.3 Å². The first-order chi connectivity index (χ1) is 16.1. The highest BCUT2D eigenvalue weighted by molar-refractivity contribution is 6.00. The Balaban J connectivity index is 1.32. The van der Waals surface area contributed by atoms with E-state index in [0.29, 0.717) is 18.9 Å². The third-order valence-electron chi connectivity index (χ3n) is 7.79. The molecule has 0 radical (unpaired) electrons. The van der Waals surface area contributed by atoms with Crippen molar-refractivity contribution < 1.29 is 9.53 Å². The Morgan fingerprint density at radius 2 is 1.82 bits per heavy atom. The normalized spacial score (nSPS) is 21.9. The molecule has 6 heteroatoms.